The van der Waals surface area contributed by atoms with Crippen LogP contribution >= 0.6 is 0 Å². The number of H-pyrrole nitrogens is 1. The Morgan fingerprint density at radius 1 is 1.29 bits per heavy atom. The summed E-state index contributed by atoms with van der Waals surface area (Å²) in [6.45, 7) is 1.47. The lowest BCUT2D eigenvalue weighted by Crippen LogP contribution is -2.16. The zero-order valence-corrected chi connectivity index (χ0v) is 11.7. The molecule has 21 heavy (non-hydrogen) atoms. The molecule has 2 aromatic heterocycles. The molecule has 0 bridgehead atoms. The summed E-state index contributed by atoms with van der Waals surface area (Å²) in [5, 5.41) is 2.70. The van der Waals surface area contributed by atoms with Gasteiger partial charge in [-0.2, -0.15) is 0 Å². The van der Waals surface area contributed by atoms with Crippen LogP contribution in [0.2, 0.25) is 0 Å². The van der Waals surface area contributed by atoms with E-state index in [1.165, 1.54) is 6.92 Å². The van der Waals surface area contributed by atoms with Gasteiger partial charge < -0.3 is 9.55 Å². The topological polar surface area (TPSA) is 79.8 Å². The standard InChI is InChI=1S/C15H14N4O2/c1-9(20)10-7-13(19(2)8-10)14(21)18-15-16-11-5-3-4-6-12(11)17-15/h3-8H,1-2H3,(H2,16,17,18,21). The first-order valence-electron chi connectivity index (χ1n) is 6.48. The van der Waals surface area contributed by atoms with E-state index in [4.69, 9.17) is 0 Å². The number of carbonyl (C=O) groups is 2. The van der Waals surface area contributed by atoms with E-state index >= 15 is 0 Å². The van der Waals surface area contributed by atoms with Crippen LogP contribution in [0.15, 0.2) is 36.5 Å². The summed E-state index contributed by atoms with van der Waals surface area (Å²) >= 11 is 0. The van der Waals surface area contributed by atoms with Gasteiger partial charge in [-0.05, 0) is 25.1 Å². The van der Waals surface area contributed by atoms with E-state index in [2.05, 4.69) is 15.3 Å². The maximum absolute atomic E-state index is 12.2. The molecule has 1 amide bonds. The highest BCUT2D eigenvalue weighted by Crippen LogP contribution is 2.15. The average Bonchev–Trinajstić information content (AvgIpc) is 3.01. The molecule has 0 saturated heterocycles. The minimum absolute atomic E-state index is 0.0756. The maximum Gasteiger partial charge on any atom is 0.274 e. The van der Waals surface area contributed by atoms with Crippen molar-refractivity contribution < 1.29 is 9.59 Å². The van der Waals surface area contributed by atoms with E-state index in [0.29, 0.717) is 17.2 Å². The molecule has 0 radical (unpaired) electrons. The van der Waals surface area contributed by atoms with Crippen LogP contribution < -0.4 is 5.32 Å². The number of carbonyl (C=O) groups excluding carboxylic acids is 2. The van der Waals surface area contributed by atoms with Crippen molar-refractivity contribution in [2.45, 2.75) is 6.92 Å². The SMILES string of the molecule is CC(=O)c1cc(C(=O)Nc2nc3ccccc3[nH]2)n(C)c1. The highest BCUT2D eigenvalue weighted by molar-refractivity contribution is 6.05. The summed E-state index contributed by atoms with van der Waals surface area (Å²) in [5.41, 5.74) is 2.54. The largest absolute Gasteiger partial charge is 0.346 e. The van der Waals surface area contributed by atoms with Crippen molar-refractivity contribution in [2.75, 3.05) is 5.32 Å². The Balaban J connectivity index is 1.87. The monoisotopic (exact) mass is 282 g/mol. The first-order valence-corrected chi connectivity index (χ1v) is 6.48. The van der Waals surface area contributed by atoms with Gasteiger partial charge in [-0.25, -0.2) is 4.98 Å². The summed E-state index contributed by atoms with van der Waals surface area (Å²) in [4.78, 5) is 30.9. The summed E-state index contributed by atoms with van der Waals surface area (Å²) in [6, 6.07) is 9.08. The minimum Gasteiger partial charge on any atom is -0.346 e. The average molecular weight is 282 g/mol. The maximum atomic E-state index is 12.2. The number of fused-ring (bicyclic) bond motifs is 1. The number of rotatable bonds is 3. The molecule has 3 rings (SSSR count). The molecule has 0 aliphatic heterocycles. The molecule has 0 aliphatic rings. The fraction of sp³-hybridized carbons (Fsp3) is 0.133. The number of nitrogens with one attached hydrogen (secondary N) is 2. The van der Waals surface area contributed by atoms with Gasteiger partial charge in [-0.1, -0.05) is 12.1 Å². The number of Topliss-reactive ketones (excluding diaryl/α,β-unsaturated/α-hetero) is 1. The Bertz CT molecular complexity index is 811. The number of aromatic amines is 1. The van der Waals surface area contributed by atoms with Crippen molar-refractivity contribution in [2.24, 2.45) is 7.05 Å². The third-order valence-electron chi connectivity index (χ3n) is 3.27. The number of aromatic nitrogens is 3. The minimum atomic E-state index is -0.316. The van der Waals surface area contributed by atoms with Gasteiger partial charge in [0, 0.05) is 18.8 Å². The van der Waals surface area contributed by atoms with Crippen molar-refractivity contribution in [3.63, 3.8) is 0 Å². The molecule has 0 aliphatic carbocycles. The van der Waals surface area contributed by atoms with Gasteiger partial charge in [0.25, 0.3) is 5.91 Å². The third kappa shape index (κ3) is 2.43. The van der Waals surface area contributed by atoms with Crippen LogP contribution in [0.1, 0.15) is 27.8 Å². The Labute approximate surface area is 120 Å². The Hall–Kier alpha value is -2.89. The molecule has 2 N–H and O–H groups in total. The zero-order chi connectivity index (χ0) is 15.0. The molecule has 2 heterocycles. The van der Waals surface area contributed by atoms with Gasteiger partial charge in [0.1, 0.15) is 5.69 Å². The molecule has 0 fully saturated rings. The molecular formula is C15H14N4O2. The Morgan fingerprint density at radius 3 is 2.71 bits per heavy atom. The molecule has 106 valence electrons. The van der Waals surface area contributed by atoms with Gasteiger partial charge >= 0.3 is 0 Å². The van der Waals surface area contributed by atoms with Crippen LogP contribution in [-0.2, 0) is 7.05 Å². The van der Waals surface area contributed by atoms with Crippen molar-refractivity contribution in [1.82, 2.24) is 14.5 Å². The van der Waals surface area contributed by atoms with Crippen LogP contribution in [0.5, 0.6) is 0 Å². The number of benzene rings is 1. The molecule has 0 unspecified atom stereocenters. The normalized spacial score (nSPS) is 10.8. The van der Waals surface area contributed by atoms with E-state index in [-0.39, 0.29) is 11.7 Å². The zero-order valence-electron chi connectivity index (χ0n) is 11.7. The molecule has 0 atom stereocenters. The fourth-order valence-corrected chi connectivity index (χ4v) is 2.17. The number of imidazole rings is 1. The fourth-order valence-electron chi connectivity index (χ4n) is 2.17. The highest BCUT2D eigenvalue weighted by atomic mass is 16.2. The summed E-state index contributed by atoms with van der Waals surface area (Å²) < 4.78 is 1.62. The smallest absolute Gasteiger partial charge is 0.274 e. The van der Waals surface area contributed by atoms with Crippen molar-refractivity contribution in [3.8, 4) is 0 Å². The summed E-state index contributed by atoms with van der Waals surface area (Å²) in [5.74, 6) is -0.00998. The lowest BCUT2D eigenvalue weighted by Gasteiger charge is -2.02. The van der Waals surface area contributed by atoms with Crippen LogP contribution in [-0.4, -0.2) is 26.2 Å². The number of hydrogen-bond donors (Lipinski definition) is 2. The number of aryl methyl sites for hydroxylation is 1. The Morgan fingerprint density at radius 2 is 2.05 bits per heavy atom. The predicted molar refractivity (Wildman–Crippen MR) is 79.5 cm³/mol. The highest BCUT2D eigenvalue weighted by Gasteiger charge is 2.15. The molecule has 6 heteroatoms. The predicted octanol–water partition coefficient (Wildman–Crippen LogP) is 2.36. The van der Waals surface area contributed by atoms with Crippen molar-refractivity contribution in [3.05, 3.63) is 47.8 Å². The Kier molecular flexibility index (Phi) is 3.06. The second-order valence-electron chi connectivity index (χ2n) is 4.84. The van der Waals surface area contributed by atoms with E-state index in [0.717, 1.165) is 11.0 Å². The van der Waals surface area contributed by atoms with Crippen LogP contribution in [0.3, 0.4) is 0 Å². The van der Waals surface area contributed by atoms with Crippen molar-refractivity contribution in [1.29, 1.82) is 0 Å². The molecule has 0 saturated carbocycles. The van der Waals surface area contributed by atoms with Crippen LogP contribution in [0.4, 0.5) is 5.95 Å². The molecule has 0 spiro atoms. The van der Waals surface area contributed by atoms with Gasteiger partial charge in [0.2, 0.25) is 5.95 Å². The lowest BCUT2D eigenvalue weighted by atomic mass is 10.2. The first-order chi connectivity index (χ1) is 10.0. The number of amides is 1. The van der Waals surface area contributed by atoms with Gasteiger partial charge in [-0.3, -0.25) is 14.9 Å². The second-order valence-corrected chi connectivity index (χ2v) is 4.84. The summed E-state index contributed by atoms with van der Waals surface area (Å²) in [6.07, 6.45) is 1.63. The second kappa shape index (κ2) is 4.90. The summed E-state index contributed by atoms with van der Waals surface area (Å²) in [7, 11) is 1.72. The number of ketones is 1. The van der Waals surface area contributed by atoms with Crippen LogP contribution in [0.25, 0.3) is 11.0 Å². The van der Waals surface area contributed by atoms with Crippen molar-refractivity contribution >= 4 is 28.7 Å². The van der Waals surface area contributed by atoms with E-state index in [1.807, 2.05) is 24.3 Å². The van der Waals surface area contributed by atoms with E-state index in [9.17, 15) is 9.59 Å². The molecule has 6 nitrogen and oxygen atoms in total. The molecule has 1 aromatic carbocycles. The number of para-hydroxylation sites is 2. The molecule has 3 aromatic rings. The molecular weight excluding hydrogens is 268 g/mol. The van der Waals surface area contributed by atoms with E-state index < -0.39 is 0 Å². The first kappa shape index (κ1) is 13.1. The van der Waals surface area contributed by atoms with E-state index in [1.54, 1.807) is 23.9 Å². The number of hydrogen-bond acceptors (Lipinski definition) is 3. The quantitative estimate of drug-likeness (QED) is 0.724. The van der Waals surface area contributed by atoms with Crippen LogP contribution in [0, 0.1) is 0 Å². The third-order valence-corrected chi connectivity index (χ3v) is 3.27. The number of anilines is 1. The van der Waals surface area contributed by atoms with Gasteiger partial charge in [0.05, 0.1) is 11.0 Å². The van der Waals surface area contributed by atoms with Gasteiger partial charge in [-0.15, -0.1) is 0 Å². The van der Waals surface area contributed by atoms with Gasteiger partial charge in [0.15, 0.2) is 5.78 Å². The number of nitrogens with zero attached hydrogens (tertiary/aromatic N) is 2. The lowest BCUT2D eigenvalue weighted by molar-refractivity contribution is 0.101.